The predicted molar refractivity (Wildman–Crippen MR) is 90.0 cm³/mol. The van der Waals surface area contributed by atoms with E-state index in [1.807, 2.05) is 32.0 Å². The van der Waals surface area contributed by atoms with Crippen LogP contribution in [-0.2, 0) is 16.3 Å². The van der Waals surface area contributed by atoms with Crippen molar-refractivity contribution in [2.75, 3.05) is 11.5 Å². The van der Waals surface area contributed by atoms with Crippen LogP contribution in [0.15, 0.2) is 34.5 Å². The van der Waals surface area contributed by atoms with Crippen molar-refractivity contribution < 1.29 is 8.42 Å². The highest BCUT2D eigenvalue weighted by Gasteiger charge is 2.21. The molecule has 2 rings (SSSR count). The van der Waals surface area contributed by atoms with Crippen LogP contribution in [-0.4, -0.2) is 14.2 Å². The van der Waals surface area contributed by atoms with E-state index in [9.17, 15) is 8.42 Å². The van der Waals surface area contributed by atoms with Gasteiger partial charge in [0.15, 0.2) is 9.84 Å². The van der Waals surface area contributed by atoms with Crippen LogP contribution in [0, 0.1) is 0 Å². The quantitative estimate of drug-likeness (QED) is 0.888. The van der Waals surface area contributed by atoms with E-state index in [1.165, 1.54) is 11.3 Å². The maximum Gasteiger partial charge on any atom is 0.188 e. The molecule has 1 heterocycles. The SMILES string of the molecule is CC(C)c1sc(S(=O)(=O)CCc2ccccc2Cl)cc1N. The fraction of sp³-hybridized carbons (Fsp3) is 0.333. The Bertz CT molecular complexity index is 736. The zero-order valence-electron chi connectivity index (χ0n) is 12.0. The first-order valence-electron chi connectivity index (χ1n) is 6.66. The number of nitrogen functional groups attached to an aromatic ring is 1. The second kappa shape index (κ2) is 6.38. The average molecular weight is 344 g/mol. The van der Waals surface area contributed by atoms with Crippen molar-refractivity contribution in [2.45, 2.75) is 30.4 Å². The molecule has 3 nitrogen and oxygen atoms in total. The molecule has 2 N–H and O–H groups in total. The number of hydrogen-bond acceptors (Lipinski definition) is 4. The molecule has 1 aromatic carbocycles. The summed E-state index contributed by atoms with van der Waals surface area (Å²) in [6, 6.07) is 8.87. The van der Waals surface area contributed by atoms with Gasteiger partial charge in [-0.1, -0.05) is 43.6 Å². The third kappa shape index (κ3) is 3.78. The monoisotopic (exact) mass is 343 g/mol. The molecular weight excluding hydrogens is 326 g/mol. The van der Waals surface area contributed by atoms with Crippen molar-refractivity contribution in [1.82, 2.24) is 0 Å². The Morgan fingerprint density at radius 1 is 1.29 bits per heavy atom. The summed E-state index contributed by atoms with van der Waals surface area (Å²) < 4.78 is 25.2. The van der Waals surface area contributed by atoms with Gasteiger partial charge in [0, 0.05) is 15.6 Å². The highest BCUT2D eigenvalue weighted by Crippen LogP contribution is 2.34. The minimum Gasteiger partial charge on any atom is -0.398 e. The van der Waals surface area contributed by atoms with Crippen LogP contribution in [0.3, 0.4) is 0 Å². The van der Waals surface area contributed by atoms with Crippen LogP contribution in [0.2, 0.25) is 5.02 Å². The van der Waals surface area contributed by atoms with E-state index in [2.05, 4.69) is 0 Å². The van der Waals surface area contributed by atoms with Crippen LogP contribution in [0.25, 0.3) is 0 Å². The van der Waals surface area contributed by atoms with E-state index in [0.29, 0.717) is 21.3 Å². The first kappa shape index (κ1) is 16.3. The van der Waals surface area contributed by atoms with Crippen LogP contribution in [0.5, 0.6) is 0 Å². The van der Waals surface area contributed by atoms with Gasteiger partial charge in [-0.05, 0) is 30.0 Å². The Balaban J connectivity index is 2.19. The highest BCUT2D eigenvalue weighted by atomic mass is 35.5. The van der Waals surface area contributed by atoms with Crippen LogP contribution >= 0.6 is 22.9 Å². The van der Waals surface area contributed by atoms with Gasteiger partial charge in [-0.3, -0.25) is 0 Å². The number of sulfone groups is 1. The van der Waals surface area contributed by atoms with Gasteiger partial charge in [-0.25, -0.2) is 8.42 Å². The largest absolute Gasteiger partial charge is 0.398 e. The second-order valence-electron chi connectivity index (χ2n) is 5.20. The maximum atomic E-state index is 12.4. The first-order chi connectivity index (χ1) is 9.81. The van der Waals surface area contributed by atoms with Crippen LogP contribution in [0.4, 0.5) is 5.69 Å². The Morgan fingerprint density at radius 2 is 1.95 bits per heavy atom. The summed E-state index contributed by atoms with van der Waals surface area (Å²) in [6.07, 6.45) is 0.400. The number of thiophene rings is 1. The van der Waals surface area contributed by atoms with Crippen LogP contribution < -0.4 is 5.73 Å². The van der Waals surface area contributed by atoms with Gasteiger partial charge in [0.1, 0.15) is 4.21 Å². The summed E-state index contributed by atoms with van der Waals surface area (Å²) in [6.45, 7) is 4.00. The van der Waals surface area contributed by atoms with Gasteiger partial charge in [0.2, 0.25) is 0 Å². The lowest BCUT2D eigenvalue weighted by Crippen LogP contribution is -2.08. The standard InChI is InChI=1S/C15H18ClNO2S2/c1-10(2)15-13(17)9-14(20-15)21(18,19)8-7-11-5-3-4-6-12(11)16/h3-6,9-10H,7-8,17H2,1-2H3. The number of anilines is 1. The van der Waals surface area contributed by atoms with E-state index >= 15 is 0 Å². The fourth-order valence-electron chi connectivity index (χ4n) is 2.05. The van der Waals surface area contributed by atoms with Gasteiger partial charge < -0.3 is 5.73 Å². The molecule has 0 amide bonds. The van der Waals surface area contributed by atoms with E-state index in [0.717, 1.165) is 10.4 Å². The summed E-state index contributed by atoms with van der Waals surface area (Å²) in [5.74, 6) is 0.260. The van der Waals surface area contributed by atoms with Crippen molar-refractivity contribution in [1.29, 1.82) is 0 Å². The molecule has 0 saturated heterocycles. The summed E-state index contributed by atoms with van der Waals surface area (Å²) in [4.78, 5) is 0.923. The third-order valence-corrected chi connectivity index (χ3v) is 7.30. The minimum absolute atomic E-state index is 0.0359. The first-order valence-corrected chi connectivity index (χ1v) is 9.51. The molecule has 0 spiro atoms. The normalized spacial score (nSPS) is 12.0. The van der Waals surface area contributed by atoms with E-state index in [4.69, 9.17) is 17.3 Å². The number of hydrogen-bond donors (Lipinski definition) is 1. The van der Waals surface area contributed by atoms with Crippen molar-refractivity contribution in [3.8, 4) is 0 Å². The molecule has 21 heavy (non-hydrogen) atoms. The molecule has 0 aliphatic heterocycles. The molecule has 0 atom stereocenters. The second-order valence-corrected chi connectivity index (χ2v) is 9.03. The molecule has 2 aromatic rings. The molecule has 0 aliphatic rings. The molecule has 114 valence electrons. The zero-order chi connectivity index (χ0) is 15.6. The number of benzene rings is 1. The van der Waals surface area contributed by atoms with E-state index in [-0.39, 0.29) is 11.7 Å². The number of aryl methyl sites for hydroxylation is 1. The predicted octanol–water partition coefficient (Wildman–Crippen LogP) is 4.12. The van der Waals surface area contributed by atoms with Gasteiger partial charge >= 0.3 is 0 Å². The molecule has 0 aliphatic carbocycles. The topological polar surface area (TPSA) is 60.2 Å². The molecule has 1 aromatic heterocycles. The molecule has 0 unspecified atom stereocenters. The smallest absolute Gasteiger partial charge is 0.188 e. The van der Waals surface area contributed by atoms with Crippen molar-refractivity contribution in [3.63, 3.8) is 0 Å². The summed E-state index contributed by atoms with van der Waals surface area (Å²) >= 11 is 7.33. The summed E-state index contributed by atoms with van der Waals surface area (Å²) in [7, 11) is -3.33. The van der Waals surface area contributed by atoms with Crippen molar-refractivity contribution >= 4 is 38.5 Å². The van der Waals surface area contributed by atoms with Crippen molar-refractivity contribution in [2.24, 2.45) is 0 Å². The summed E-state index contributed by atoms with van der Waals surface area (Å²) in [5.41, 5.74) is 7.30. The number of halogens is 1. The summed E-state index contributed by atoms with van der Waals surface area (Å²) in [5, 5.41) is 0.598. The van der Waals surface area contributed by atoms with Gasteiger partial charge in [-0.2, -0.15) is 0 Å². The number of nitrogens with two attached hydrogens (primary N) is 1. The van der Waals surface area contributed by atoms with Gasteiger partial charge in [0.05, 0.1) is 5.75 Å². The lowest BCUT2D eigenvalue weighted by molar-refractivity contribution is 0.597. The Hall–Kier alpha value is -1.04. The van der Waals surface area contributed by atoms with Crippen LogP contribution in [0.1, 0.15) is 30.2 Å². The van der Waals surface area contributed by atoms with Gasteiger partial charge in [0.25, 0.3) is 0 Å². The Labute approximate surface area is 134 Å². The zero-order valence-corrected chi connectivity index (χ0v) is 14.4. The third-order valence-electron chi connectivity index (χ3n) is 3.20. The maximum absolute atomic E-state index is 12.4. The molecular formula is C15H18ClNO2S2. The molecule has 0 radical (unpaired) electrons. The van der Waals surface area contributed by atoms with Crippen molar-refractivity contribution in [3.05, 3.63) is 45.8 Å². The lowest BCUT2D eigenvalue weighted by atomic mass is 10.1. The fourth-order valence-corrected chi connectivity index (χ4v) is 5.11. The molecule has 0 fully saturated rings. The Kier molecular flexibility index (Phi) is 4.96. The molecule has 6 heteroatoms. The minimum atomic E-state index is -3.33. The molecule has 0 bridgehead atoms. The van der Waals surface area contributed by atoms with E-state index < -0.39 is 9.84 Å². The molecule has 0 saturated carbocycles. The van der Waals surface area contributed by atoms with E-state index in [1.54, 1.807) is 12.1 Å². The Morgan fingerprint density at radius 3 is 2.52 bits per heavy atom. The highest BCUT2D eigenvalue weighted by molar-refractivity contribution is 7.93. The number of rotatable bonds is 5. The lowest BCUT2D eigenvalue weighted by Gasteiger charge is -2.04. The average Bonchev–Trinajstić information content (AvgIpc) is 2.81. The van der Waals surface area contributed by atoms with Gasteiger partial charge in [-0.15, -0.1) is 11.3 Å².